The zero-order chi connectivity index (χ0) is 30.5. The number of methoxy groups -OCH3 is 3. The molecule has 12 nitrogen and oxygen atoms in total. The molecule has 0 aliphatic heterocycles. The molecule has 0 fully saturated rings. The standard InChI is InChI=1S/C31H32N6O6/c1-17(38)35-23-11-7-19-13-26(41-2)29(42-3)30(43-4)28(19)21-10-12-24(25(39)14-22(21)23)32-15-27(40)36-20-8-5-18(6-9-20)31-33-16-34-37-31/h5-6,8-10,12-14,16,23H,7,11,15H2,1-4H3,(H,32,39)(H,35,38)(H,36,40)(H,33,34,37). The van der Waals surface area contributed by atoms with E-state index in [0.717, 1.165) is 16.7 Å². The van der Waals surface area contributed by atoms with Crippen LogP contribution in [-0.4, -0.2) is 54.9 Å². The summed E-state index contributed by atoms with van der Waals surface area (Å²) in [6.07, 6.45) is 2.56. The zero-order valence-electron chi connectivity index (χ0n) is 24.2. The summed E-state index contributed by atoms with van der Waals surface area (Å²) in [5.41, 5.74) is 4.32. The molecule has 0 bridgehead atoms. The zero-order valence-corrected chi connectivity index (χ0v) is 24.2. The summed E-state index contributed by atoms with van der Waals surface area (Å²) >= 11 is 0. The number of rotatable bonds is 9. The van der Waals surface area contributed by atoms with Gasteiger partial charge in [-0.2, -0.15) is 5.10 Å². The third-order valence-electron chi connectivity index (χ3n) is 7.21. The number of aromatic amines is 1. The van der Waals surface area contributed by atoms with Gasteiger partial charge in [-0.15, -0.1) is 0 Å². The Bertz CT molecular complexity index is 1710. The van der Waals surface area contributed by atoms with Crippen LogP contribution < -0.4 is 35.6 Å². The van der Waals surface area contributed by atoms with Crippen molar-refractivity contribution in [2.75, 3.05) is 38.5 Å². The lowest BCUT2D eigenvalue weighted by molar-refractivity contribution is -0.119. The van der Waals surface area contributed by atoms with Gasteiger partial charge in [0.2, 0.25) is 23.0 Å². The molecule has 12 heteroatoms. The van der Waals surface area contributed by atoms with Gasteiger partial charge in [0.05, 0.1) is 39.6 Å². The number of benzene rings is 2. The van der Waals surface area contributed by atoms with Crippen molar-refractivity contribution >= 4 is 23.2 Å². The van der Waals surface area contributed by atoms with Crippen LogP contribution in [0, 0.1) is 0 Å². The Morgan fingerprint density at radius 1 is 1.00 bits per heavy atom. The van der Waals surface area contributed by atoms with Gasteiger partial charge in [0.15, 0.2) is 17.3 Å². The van der Waals surface area contributed by atoms with E-state index in [-0.39, 0.29) is 29.5 Å². The van der Waals surface area contributed by atoms with E-state index in [1.807, 2.05) is 18.2 Å². The summed E-state index contributed by atoms with van der Waals surface area (Å²) in [6.45, 7) is 1.30. The second-order valence-electron chi connectivity index (χ2n) is 9.91. The predicted octanol–water partition coefficient (Wildman–Crippen LogP) is 3.70. The van der Waals surface area contributed by atoms with Crippen molar-refractivity contribution < 1.29 is 23.8 Å². The molecule has 1 aliphatic rings. The van der Waals surface area contributed by atoms with Crippen molar-refractivity contribution in [3.8, 4) is 39.8 Å². The number of aryl methyl sites for hydroxylation is 1. The molecular formula is C31H32N6O6. The van der Waals surface area contributed by atoms with Crippen LogP contribution in [0.2, 0.25) is 0 Å². The largest absolute Gasteiger partial charge is 0.493 e. The van der Waals surface area contributed by atoms with E-state index in [2.05, 4.69) is 31.1 Å². The topological polar surface area (TPSA) is 157 Å². The third-order valence-corrected chi connectivity index (χ3v) is 7.21. The van der Waals surface area contributed by atoms with E-state index >= 15 is 0 Å². The maximum atomic E-state index is 13.4. The van der Waals surface area contributed by atoms with Crippen molar-refractivity contribution in [1.29, 1.82) is 0 Å². The van der Waals surface area contributed by atoms with Crippen LogP contribution in [0.1, 0.15) is 30.5 Å². The van der Waals surface area contributed by atoms with Crippen molar-refractivity contribution in [2.45, 2.75) is 25.8 Å². The Labute approximate surface area is 247 Å². The van der Waals surface area contributed by atoms with E-state index < -0.39 is 6.04 Å². The quantitative estimate of drug-likeness (QED) is 0.230. The molecule has 0 spiro atoms. The fraction of sp³-hybridized carbons (Fsp3) is 0.258. The summed E-state index contributed by atoms with van der Waals surface area (Å²) in [4.78, 5) is 42.5. The molecule has 1 aliphatic carbocycles. The number of aromatic nitrogens is 3. The summed E-state index contributed by atoms with van der Waals surface area (Å²) < 4.78 is 17.0. The molecule has 0 radical (unpaired) electrons. The lowest BCUT2D eigenvalue weighted by Gasteiger charge is -2.19. The van der Waals surface area contributed by atoms with Gasteiger partial charge in [-0.05, 0) is 72.0 Å². The van der Waals surface area contributed by atoms with Gasteiger partial charge in [-0.25, -0.2) is 4.98 Å². The van der Waals surface area contributed by atoms with E-state index in [1.54, 1.807) is 38.5 Å². The van der Waals surface area contributed by atoms with Crippen LogP contribution in [0.5, 0.6) is 17.2 Å². The molecule has 1 unspecified atom stereocenters. The first-order valence-corrected chi connectivity index (χ1v) is 13.6. The number of amides is 2. The van der Waals surface area contributed by atoms with Gasteiger partial charge in [0, 0.05) is 23.7 Å². The second-order valence-corrected chi connectivity index (χ2v) is 9.91. The number of H-pyrrole nitrogens is 1. The molecule has 2 amide bonds. The SMILES string of the molecule is COc1cc2c(c(OC)c1OC)-c1ccc(NCC(=O)Nc3ccc(-c4ncn[nH]4)cc3)c(=O)cc1C(NC(C)=O)CC2. The van der Waals surface area contributed by atoms with Gasteiger partial charge in [0.25, 0.3) is 0 Å². The van der Waals surface area contributed by atoms with E-state index in [9.17, 15) is 14.4 Å². The van der Waals surface area contributed by atoms with Crippen molar-refractivity contribution in [1.82, 2.24) is 20.5 Å². The number of carbonyl (C=O) groups is 2. The average Bonchev–Trinajstić information content (AvgIpc) is 3.44. The predicted molar refractivity (Wildman–Crippen MR) is 162 cm³/mol. The number of fused-ring (bicyclic) bond motifs is 3. The maximum absolute atomic E-state index is 13.4. The average molecular weight is 585 g/mol. The molecular weight excluding hydrogens is 552 g/mol. The van der Waals surface area contributed by atoms with Gasteiger partial charge < -0.3 is 30.2 Å². The molecule has 43 heavy (non-hydrogen) atoms. The Hall–Kier alpha value is -5.39. The number of hydrogen-bond acceptors (Lipinski definition) is 9. The van der Waals surface area contributed by atoms with Crippen LogP contribution >= 0.6 is 0 Å². The molecule has 1 heterocycles. The molecule has 1 aromatic heterocycles. The highest BCUT2D eigenvalue weighted by Gasteiger charge is 2.29. The first-order chi connectivity index (χ1) is 20.8. The molecule has 3 aromatic carbocycles. The second kappa shape index (κ2) is 12.6. The molecule has 5 rings (SSSR count). The molecule has 222 valence electrons. The fourth-order valence-corrected chi connectivity index (χ4v) is 5.29. The highest BCUT2D eigenvalue weighted by molar-refractivity contribution is 5.94. The number of nitrogens with zero attached hydrogens (tertiary/aromatic N) is 2. The minimum Gasteiger partial charge on any atom is -0.493 e. The highest BCUT2D eigenvalue weighted by Crippen LogP contribution is 2.50. The molecule has 4 N–H and O–H groups in total. The Morgan fingerprint density at radius 2 is 1.77 bits per heavy atom. The smallest absolute Gasteiger partial charge is 0.243 e. The van der Waals surface area contributed by atoms with Gasteiger partial charge in [-0.1, -0.05) is 6.07 Å². The van der Waals surface area contributed by atoms with Crippen LogP contribution in [0.3, 0.4) is 0 Å². The summed E-state index contributed by atoms with van der Waals surface area (Å²) in [5, 5.41) is 15.4. The number of nitrogens with one attached hydrogen (secondary N) is 4. The number of hydrogen-bond donors (Lipinski definition) is 4. The van der Waals surface area contributed by atoms with Gasteiger partial charge in [0.1, 0.15) is 6.33 Å². The molecule has 1 atom stereocenters. The van der Waals surface area contributed by atoms with Crippen LogP contribution in [0.15, 0.2) is 59.7 Å². The first kappa shape index (κ1) is 29.1. The van der Waals surface area contributed by atoms with Crippen LogP contribution in [0.25, 0.3) is 22.5 Å². The Morgan fingerprint density at radius 3 is 2.42 bits per heavy atom. The van der Waals surface area contributed by atoms with Gasteiger partial charge in [-0.3, -0.25) is 19.5 Å². The fourth-order valence-electron chi connectivity index (χ4n) is 5.29. The number of anilines is 2. The Balaban J connectivity index is 1.46. The molecule has 0 saturated heterocycles. The van der Waals surface area contributed by atoms with E-state index in [1.165, 1.54) is 26.4 Å². The van der Waals surface area contributed by atoms with E-state index in [4.69, 9.17) is 14.2 Å². The Kier molecular flexibility index (Phi) is 8.56. The first-order valence-electron chi connectivity index (χ1n) is 13.6. The molecule has 0 saturated carbocycles. The van der Waals surface area contributed by atoms with E-state index in [0.29, 0.717) is 52.7 Å². The summed E-state index contributed by atoms with van der Waals surface area (Å²) in [6, 6.07) is 13.5. The minimum absolute atomic E-state index is 0.145. The third kappa shape index (κ3) is 6.13. The van der Waals surface area contributed by atoms with Crippen molar-refractivity contribution in [3.63, 3.8) is 0 Å². The molecule has 4 aromatic rings. The van der Waals surface area contributed by atoms with Gasteiger partial charge >= 0.3 is 0 Å². The maximum Gasteiger partial charge on any atom is 0.243 e. The number of ether oxygens (including phenoxy) is 3. The monoisotopic (exact) mass is 584 g/mol. The van der Waals surface area contributed by atoms with Crippen LogP contribution in [-0.2, 0) is 16.0 Å². The lowest BCUT2D eigenvalue weighted by Crippen LogP contribution is -2.27. The summed E-state index contributed by atoms with van der Waals surface area (Å²) in [7, 11) is 4.63. The van der Waals surface area contributed by atoms with Crippen LogP contribution in [0.4, 0.5) is 11.4 Å². The van der Waals surface area contributed by atoms with Crippen molar-refractivity contribution in [3.05, 3.63) is 76.2 Å². The van der Waals surface area contributed by atoms with Crippen molar-refractivity contribution in [2.24, 2.45) is 0 Å². The highest BCUT2D eigenvalue weighted by atomic mass is 16.5. The minimum atomic E-state index is -0.433. The lowest BCUT2D eigenvalue weighted by atomic mass is 9.95. The number of carbonyl (C=O) groups excluding carboxylic acids is 2. The summed E-state index contributed by atoms with van der Waals surface area (Å²) in [5.74, 6) is 1.47. The normalized spacial score (nSPS) is 13.5.